The number of hydrogen-bond donors (Lipinski definition) is 1. The van der Waals surface area contributed by atoms with Crippen LogP contribution in [0.2, 0.25) is 0 Å². The first-order valence-corrected chi connectivity index (χ1v) is 15.9. The van der Waals surface area contributed by atoms with Crippen LogP contribution in [0.5, 0.6) is 11.6 Å². The van der Waals surface area contributed by atoms with Gasteiger partial charge < -0.3 is 14.4 Å². The maximum atomic E-state index is 14.2. The highest BCUT2D eigenvalue weighted by molar-refractivity contribution is 8.00. The summed E-state index contributed by atoms with van der Waals surface area (Å²) in [6, 6.07) is 15.4. The van der Waals surface area contributed by atoms with Crippen molar-refractivity contribution >= 4 is 23.8 Å². The van der Waals surface area contributed by atoms with Gasteiger partial charge in [-0.2, -0.15) is 4.98 Å². The largest absolute Gasteiger partial charge is 0.488 e. The first kappa shape index (κ1) is 31.3. The number of nitrogens with zero attached hydrogens (tertiary/aromatic N) is 5. The SMILES string of the molecule is Cc1cccc(C)c1-c1cc2nc(n1)NSc1cccc(c1)C(=O)N(Cc1ncc(OC(C)C)cn1)[C@H](CCC(C)C)CO2. The Morgan fingerprint density at radius 3 is 2.45 bits per heavy atom. The fourth-order valence-electron chi connectivity index (χ4n) is 5.17. The number of nitrogens with one attached hydrogen (secondary N) is 1. The van der Waals surface area contributed by atoms with Crippen molar-refractivity contribution in [3.63, 3.8) is 0 Å². The second kappa shape index (κ2) is 14.1. The van der Waals surface area contributed by atoms with Gasteiger partial charge in [-0.25, -0.2) is 15.0 Å². The van der Waals surface area contributed by atoms with Gasteiger partial charge in [0.2, 0.25) is 11.8 Å². The van der Waals surface area contributed by atoms with Crippen LogP contribution in [0.15, 0.2) is 65.8 Å². The first-order valence-electron chi connectivity index (χ1n) is 15.1. The van der Waals surface area contributed by atoms with Crippen molar-refractivity contribution < 1.29 is 14.3 Å². The molecule has 1 N–H and O–H groups in total. The molecular weight excluding hydrogens is 572 g/mol. The standard InChI is InChI=1S/C34H40N6O3S/c1-21(2)13-14-26-20-42-31-16-29(32-23(5)9-7-10-24(32)6)37-34(38-31)39-44-28-12-8-11-25(15-28)33(41)40(26)19-30-35-17-27(18-36-30)43-22(3)4/h7-12,15-18,21-22,26H,13-14,19-20H2,1-6H3,(H,37,38,39)/t26-/m1/s1. The monoisotopic (exact) mass is 612 g/mol. The summed E-state index contributed by atoms with van der Waals surface area (Å²) < 4.78 is 15.4. The second-order valence-corrected chi connectivity index (χ2v) is 12.7. The minimum absolute atomic E-state index is 0.0138. The molecule has 0 aliphatic carbocycles. The lowest BCUT2D eigenvalue weighted by Gasteiger charge is -2.32. The quantitative estimate of drug-likeness (QED) is 0.205. The summed E-state index contributed by atoms with van der Waals surface area (Å²) in [4.78, 5) is 35.6. The van der Waals surface area contributed by atoms with Crippen molar-refractivity contribution in [3.05, 3.63) is 83.4 Å². The van der Waals surface area contributed by atoms with Crippen molar-refractivity contribution in [2.24, 2.45) is 5.92 Å². The molecule has 230 valence electrons. The van der Waals surface area contributed by atoms with E-state index in [-0.39, 0.29) is 31.2 Å². The molecule has 1 amide bonds. The number of carbonyl (C=O) groups is 1. The van der Waals surface area contributed by atoms with E-state index >= 15 is 0 Å². The number of ether oxygens (including phenoxy) is 2. The van der Waals surface area contributed by atoms with E-state index in [4.69, 9.17) is 19.4 Å². The van der Waals surface area contributed by atoms with Crippen molar-refractivity contribution in [1.82, 2.24) is 24.8 Å². The topological polar surface area (TPSA) is 102 Å². The van der Waals surface area contributed by atoms with Crippen molar-refractivity contribution in [1.29, 1.82) is 0 Å². The average molecular weight is 613 g/mol. The molecule has 0 unspecified atom stereocenters. The molecule has 1 atom stereocenters. The molecule has 0 spiro atoms. The lowest BCUT2D eigenvalue weighted by molar-refractivity contribution is 0.0557. The molecular formula is C34H40N6O3S. The summed E-state index contributed by atoms with van der Waals surface area (Å²) in [5, 5.41) is 0. The van der Waals surface area contributed by atoms with Crippen molar-refractivity contribution in [2.45, 2.75) is 78.0 Å². The van der Waals surface area contributed by atoms with Crippen LogP contribution in [-0.4, -0.2) is 49.5 Å². The third-order valence-corrected chi connectivity index (χ3v) is 8.12. The number of carbonyl (C=O) groups excluding carboxylic acids is 1. The van der Waals surface area contributed by atoms with Gasteiger partial charge in [-0.1, -0.05) is 38.1 Å². The molecule has 0 saturated heterocycles. The number of fused-ring (bicyclic) bond motifs is 4. The zero-order valence-electron chi connectivity index (χ0n) is 26.2. The van der Waals surface area contributed by atoms with E-state index in [1.807, 2.05) is 55.1 Å². The van der Waals surface area contributed by atoms with Crippen LogP contribution in [0.4, 0.5) is 5.95 Å². The Morgan fingerprint density at radius 1 is 1.02 bits per heavy atom. The van der Waals surface area contributed by atoms with E-state index in [1.165, 1.54) is 11.9 Å². The minimum Gasteiger partial charge on any atom is -0.488 e. The highest BCUT2D eigenvalue weighted by Crippen LogP contribution is 2.31. The average Bonchev–Trinajstić information content (AvgIpc) is 2.99. The molecule has 0 saturated carbocycles. The van der Waals surface area contributed by atoms with Crippen LogP contribution in [0.25, 0.3) is 11.3 Å². The number of aryl methyl sites for hydroxylation is 2. The minimum atomic E-state index is -0.257. The molecule has 3 heterocycles. The summed E-state index contributed by atoms with van der Waals surface area (Å²) >= 11 is 1.35. The molecule has 4 bridgehead atoms. The van der Waals surface area contributed by atoms with Gasteiger partial charge in [0.1, 0.15) is 12.4 Å². The molecule has 9 nitrogen and oxygen atoms in total. The van der Waals surface area contributed by atoms with Gasteiger partial charge in [0.05, 0.1) is 36.8 Å². The predicted octanol–water partition coefficient (Wildman–Crippen LogP) is 7.30. The number of anilines is 1. The highest BCUT2D eigenvalue weighted by atomic mass is 32.2. The Bertz CT molecular complexity index is 1570. The smallest absolute Gasteiger partial charge is 0.254 e. The molecule has 2 aromatic carbocycles. The van der Waals surface area contributed by atoms with E-state index in [0.717, 1.165) is 40.1 Å². The second-order valence-electron chi connectivity index (χ2n) is 11.8. The van der Waals surface area contributed by atoms with E-state index in [9.17, 15) is 4.79 Å². The Morgan fingerprint density at radius 2 is 1.75 bits per heavy atom. The Labute approximate surface area is 264 Å². The maximum Gasteiger partial charge on any atom is 0.254 e. The summed E-state index contributed by atoms with van der Waals surface area (Å²) in [7, 11) is 0. The van der Waals surface area contributed by atoms with Crippen LogP contribution < -0.4 is 14.2 Å². The molecule has 44 heavy (non-hydrogen) atoms. The third kappa shape index (κ3) is 7.85. The summed E-state index contributed by atoms with van der Waals surface area (Å²) in [6.45, 7) is 12.9. The molecule has 1 aliphatic heterocycles. The number of rotatable bonds is 8. The van der Waals surface area contributed by atoms with Crippen LogP contribution in [0, 0.1) is 19.8 Å². The fraction of sp³-hybridized carbons (Fsp3) is 0.382. The zero-order valence-corrected chi connectivity index (χ0v) is 27.0. The number of hydrogen-bond acceptors (Lipinski definition) is 9. The Balaban J connectivity index is 1.55. The predicted molar refractivity (Wildman–Crippen MR) is 174 cm³/mol. The molecule has 10 heteroatoms. The van der Waals surface area contributed by atoms with Gasteiger partial charge in [0.25, 0.3) is 5.91 Å². The van der Waals surface area contributed by atoms with E-state index in [2.05, 4.69) is 54.5 Å². The van der Waals surface area contributed by atoms with Gasteiger partial charge in [0.15, 0.2) is 5.75 Å². The lowest BCUT2D eigenvalue weighted by atomic mass is 10.00. The molecule has 2 aromatic heterocycles. The number of amides is 1. The van der Waals surface area contributed by atoms with Crippen molar-refractivity contribution in [3.8, 4) is 22.9 Å². The van der Waals surface area contributed by atoms with Gasteiger partial charge in [-0.05, 0) is 87.7 Å². The van der Waals surface area contributed by atoms with Gasteiger partial charge in [0, 0.05) is 22.1 Å². The molecule has 4 aromatic rings. The van der Waals surface area contributed by atoms with Crippen LogP contribution >= 0.6 is 11.9 Å². The maximum absolute atomic E-state index is 14.2. The summed E-state index contributed by atoms with van der Waals surface area (Å²) in [5.74, 6) is 2.35. The summed E-state index contributed by atoms with van der Waals surface area (Å²) in [5.41, 5.74) is 4.65. The number of benzene rings is 2. The Hall–Kier alpha value is -4.18. The van der Waals surface area contributed by atoms with Gasteiger partial charge in [-0.3, -0.25) is 9.52 Å². The summed E-state index contributed by atoms with van der Waals surface area (Å²) in [6.07, 6.45) is 4.99. The van der Waals surface area contributed by atoms with Crippen LogP contribution in [0.1, 0.15) is 67.8 Å². The van der Waals surface area contributed by atoms with E-state index in [1.54, 1.807) is 12.4 Å². The molecule has 0 radical (unpaired) electrons. The highest BCUT2D eigenvalue weighted by Gasteiger charge is 2.28. The normalized spacial score (nSPS) is 15.2. The van der Waals surface area contributed by atoms with Gasteiger partial charge >= 0.3 is 0 Å². The zero-order chi connectivity index (χ0) is 31.2. The van der Waals surface area contributed by atoms with Gasteiger partial charge in [-0.15, -0.1) is 0 Å². The molecule has 1 aliphatic rings. The first-order chi connectivity index (χ1) is 21.2. The number of aromatic nitrogens is 4. The lowest BCUT2D eigenvalue weighted by Crippen LogP contribution is -2.44. The van der Waals surface area contributed by atoms with Crippen molar-refractivity contribution in [2.75, 3.05) is 11.3 Å². The Kier molecular flexibility index (Phi) is 9.99. The fourth-order valence-corrected chi connectivity index (χ4v) is 5.80. The van der Waals surface area contributed by atoms with E-state index < -0.39 is 0 Å². The van der Waals surface area contributed by atoms with Crippen LogP contribution in [-0.2, 0) is 6.54 Å². The van der Waals surface area contributed by atoms with E-state index in [0.29, 0.717) is 34.9 Å². The molecule has 5 rings (SSSR count). The molecule has 0 fully saturated rings. The van der Waals surface area contributed by atoms with Crippen LogP contribution in [0.3, 0.4) is 0 Å². The third-order valence-electron chi connectivity index (χ3n) is 7.35.